The highest BCUT2D eigenvalue weighted by molar-refractivity contribution is 6.09. The molecule has 0 aromatic carbocycles. The molecule has 0 spiro atoms. The van der Waals surface area contributed by atoms with Gasteiger partial charge in [-0.25, -0.2) is 4.98 Å². The molecule has 1 fully saturated rings. The second kappa shape index (κ2) is 3.55. The SMILES string of the molecule is Cc1cnc2c(c1)C(=O)N1CCC[C@H]1C(=O)N2. The van der Waals surface area contributed by atoms with Crippen molar-refractivity contribution in [1.29, 1.82) is 0 Å². The lowest BCUT2D eigenvalue weighted by molar-refractivity contribution is -0.119. The highest BCUT2D eigenvalue weighted by Crippen LogP contribution is 2.27. The maximum Gasteiger partial charge on any atom is 0.258 e. The van der Waals surface area contributed by atoms with Gasteiger partial charge in [-0.2, -0.15) is 0 Å². The molecular formula is C12H13N3O2. The summed E-state index contributed by atoms with van der Waals surface area (Å²) in [7, 11) is 0. The normalized spacial score (nSPS) is 22.9. The van der Waals surface area contributed by atoms with E-state index in [-0.39, 0.29) is 17.9 Å². The first kappa shape index (κ1) is 10.3. The van der Waals surface area contributed by atoms with Crippen LogP contribution in [-0.2, 0) is 4.79 Å². The number of nitrogens with one attached hydrogen (secondary N) is 1. The molecule has 2 aliphatic rings. The standard InChI is InChI=1S/C12H13N3O2/c1-7-5-8-10(13-6-7)14-11(16)9-3-2-4-15(9)12(8)17/h5-6,9H,2-4H2,1H3,(H,13,14,16)/t9-/m0/s1. The highest BCUT2D eigenvalue weighted by Gasteiger charge is 2.38. The van der Waals surface area contributed by atoms with E-state index in [4.69, 9.17) is 0 Å². The number of aryl methyl sites for hydroxylation is 1. The Bertz CT molecular complexity index is 512. The van der Waals surface area contributed by atoms with E-state index in [2.05, 4.69) is 10.3 Å². The minimum atomic E-state index is -0.322. The van der Waals surface area contributed by atoms with Gasteiger partial charge < -0.3 is 10.2 Å². The van der Waals surface area contributed by atoms with Gasteiger partial charge in [-0.1, -0.05) is 0 Å². The van der Waals surface area contributed by atoms with E-state index >= 15 is 0 Å². The zero-order valence-corrected chi connectivity index (χ0v) is 9.56. The second-order valence-corrected chi connectivity index (χ2v) is 4.55. The molecule has 0 bridgehead atoms. The van der Waals surface area contributed by atoms with E-state index in [1.54, 1.807) is 17.2 Å². The molecule has 2 aliphatic heterocycles. The summed E-state index contributed by atoms with van der Waals surface area (Å²) in [6.07, 6.45) is 3.28. The number of aromatic nitrogens is 1. The second-order valence-electron chi connectivity index (χ2n) is 4.55. The lowest BCUT2D eigenvalue weighted by Gasteiger charge is -2.19. The molecule has 17 heavy (non-hydrogen) atoms. The Labute approximate surface area is 98.8 Å². The lowest BCUT2D eigenvalue weighted by Crippen LogP contribution is -2.40. The van der Waals surface area contributed by atoms with Gasteiger partial charge in [0.1, 0.15) is 11.9 Å². The first-order chi connectivity index (χ1) is 8.16. The van der Waals surface area contributed by atoms with E-state index < -0.39 is 0 Å². The van der Waals surface area contributed by atoms with E-state index in [0.717, 1.165) is 18.4 Å². The summed E-state index contributed by atoms with van der Waals surface area (Å²) in [6, 6.07) is 1.46. The number of fused-ring (bicyclic) bond motifs is 2. The van der Waals surface area contributed by atoms with Crippen LogP contribution in [-0.4, -0.2) is 34.3 Å². The van der Waals surface area contributed by atoms with E-state index in [0.29, 0.717) is 17.9 Å². The summed E-state index contributed by atoms with van der Waals surface area (Å²) in [4.78, 5) is 30.0. The molecule has 3 heterocycles. The molecule has 5 nitrogen and oxygen atoms in total. The van der Waals surface area contributed by atoms with Gasteiger partial charge in [0, 0.05) is 12.7 Å². The summed E-state index contributed by atoms with van der Waals surface area (Å²) in [5, 5.41) is 2.74. The van der Waals surface area contributed by atoms with Crippen LogP contribution in [0.1, 0.15) is 28.8 Å². The number of nitrogens with zero attached hydrogens (tertiary/aromatic N) is 2. The first-order valence-corrected chi connectivity index (χ1v) is 5.75. The summed E-state index contributed by atoms with van der Waals surface area (Å²) in [6.45, 7) is 2.54. The van der Waals surface area contributed by atoms with Gasteiger partial charge >= 0.3 is 0 Å². The maximum absolute atomic E-state index is 12.3. The van der Waals surface area contributed by atoms with Gasteiger partial charge in [0.25, 0.3) is 5.91 Å². The third-order valence-electron chi connectivity index (χ3n) is 3.31. The van der Waals surface area contributed by atoms with Gasteiger partial charge in [0.05, 0.1) is 5.56 Å². The topological polar surface area (TPSA) is 62.3 Å². The van der Waals surface area contributed by atoms with Crippen LogP contribution in [0.25, 0.3) is 0 Å². The number of rotatable bonds is 0. The van der Waals surface area contributed by atoms with Crippen LogP contribution < -0.4 is 5.32 Å². The molecule has 1 aromatic rings. The van der Waals surface area contributed by atoms with Gasteiger partial charge in [-0.15, -0.1) is 0 Å². The van der Waals surface area contributed by atoms with Crippen molar-refractivity contribution >= 4 is 17.6 Å². The molecule has 1 aromatic heterocycles. The van der Waals surface area contributed by atoms with Gasteiger partial charge in [0.15, 0.2) is 0 Å². The first-order valence-electron chi connectivity index (χ1n) is 5.75. The highest BCUT2D eigenvalue weighted by atomic mass is 16.2. The number of amides is 2. The summed E-state index contributed by atoms with van der Waals surface area (Å²) in [5.74, 6) is 0.183. The predicted molar refractivity (Wildman–Crippen MR) is 61.7 cm³/mol. The monoisotopic (exact) mass is 231 g/mol. The van der Waals surface area contributed by atoms with E-state index in [1.165, 1.54) is 0 Å². The van der Waals surface area contributed by atoms with Crippen LogP contribution in [0.2, 0.25) is 0 Å². The third-order valence-corrected chi connectivity index (χ3v) is 3.31. The zero-order valence-electron chi connectivity index (χ0n) is 9.56. The third kappa shape index (κ3) is 1.50. The summed E-state index contributed by atoms with van der Waals surface area (Å²) >= 11 is 0. The Morgan fingerprint density at radius 2 is 2.29 bits per heavy atom. The van der Waals surface area contributed by atoms with E-state index in [1.807, 2.05) is 6.92 Å². The fraction of sp³-hybridized carbons (Fsp3) is 0.417. The molecule has 1 saturated heterocycles. The molecule has 3 rings (SSSR count). The number of anilines is 1. The molecule has 0 saturated carbocycles. The van der Waals surface area contributed by atoms with Crippen LogP contribution >= 0.6 is 0 Å². The average Bonchev–Trinajstić information content (AvgIpc) is 2.76. The van der Waals surface area contributed by atoms with Crippen LogP contribution in [0.3, 0.4) is 0 Å². The van der Waals surface area contributed by atoms with Gasteiger partial charge in [-0.05, 0) is 31.4 Å². The average molecular weight is 231 g/mol. The Morgan fingerprint density at radius 3 is 3.12 bits per heavy atom. The van der Waals surface area contributed by atoms with Crippen molar-refractivity contribution < 1.29 is 9.59 Å². The van der Waals surface area contributed by atoms with Crippen molar-refractivity contribution in [3.8, 4) is 0 Å². The molecule has 1 atom stereocenters. The number of carbonyl (C=O) groups excluding carboxylic acids is 2. The number of hydrogen-bond acceptors (Lipinski definition) is 3. The molecule has 1 N–H and O–H groups in total. The molecule has 0 radical (unpaired) electrons. The predicted octanol–water partition coefficient (Wildman–Crippen LogP) is 0.947. The fourth-order valence-electron chi connectivity index (χ4n) is 2.47. The largest absolute Gasteiger partial charge is 0.326 e. The van der Waals surface area contributed by atoms with Crippen LogP contribution in [0.4, 0.5) is 5.82 Å². The van der Waals surface area contributed by atoms with Crippen molar-refractivity contribution in [3.05, 3.63) is 23.4 Å². The Balaban J connectivity index is 2.12. The molecular weight excluding hydrogens is 218 g/mol. The Hall–Kier alpha value is -1.91. The number of carbonyl (C=O) groups is 2. The molecule has 5 heteroatoms. The molecule has 0 aliphatic carbocycles. The molecule has 88 valence electrons. The van der Waals surface area contributed by atoms with Crippen molar-refractivity contribution in [2.75, 3.05) is 11.9 Å². The fourth-order valence-corrected chi connectivity index (χ4v) is 2.47. The van der Waals surface area contributed by atoms with Crippen LogP contribution in [0.5, 0.6) is 0 Å². The van der Waals surface area contributed by atoms with Crippen molar-refractivity contribution in [1.82, 2.24) is 9.88 Å². The van der Waals surface area contributed by atoms with Crippen LogP contribution in [0, 0.1) is 6.92 Å². The van der Waals surface area contributed by atoms with Crippen molar-refractivity contribution in [3.63, 3.8) is 0 Å². The Kier molecular flexibility index (Phi) is 2.14. The number of pyridine rings is 1. The summed E-state index contributed by atoms with van der Waals surface area (Å²) < 4.78 is 0. The minimum Gasteiger partial charge on any atom is -0.326 e. The van der Waals surface area contributed by atoms with Gasteiger partial charge in [0.2, 0.25) is 5.91 Å². The maximum atomic E-state index is 12.3. The van der Waals surface area contributed by atoms with Gasteiger partial charge in [-0.3, -0.25) is 9.59 Å². The van der Waals surface area contributed by atoms with E-state index in [9.17, 15) is 9.59 Å². The molecule has 2 amide bonds. The van der Waals surface area contributed by atoms with Crippen molar-refractivity contribution in [2.45, 2.75) is 25.8 Å². The van der Waals surface area contributed by atoms with Crippen molar-refractivity contribution in [2.24, 2.45) is 0 Å². The smallest absolute Gasteiger partial charge is 0.258 e. The van der Waals surface area contributed by atoms with Crippen LogP contribution in [0.15, 0.2) is 12.3 Å². The zero-order chi connectivity index (χ0) is 12.0. The minimum absolute atomic E-state index is 0.0861. The summed E-state index contributed by atoms with van der Waals surface area (Å²) in [5.41, 5.74) is 1.42. The quantitative estimate of drug-likeness (QED) is 0.723. The number of hydrogen-bond donors (Lipinski definition) is 1. The Morgan fingerprint density at radius 1 is 1.47 bits per heavy atom. The molecule has 0 unspecified atom stereocenters. The lowest BCUT2D eigenvalue weighted by atomic mass is 10.2.